The highest BCUT2D eigenvalue weighted by molar-refractivity contribution is 5.89. The van der Waals surface area contributed by atoms with Crippen molar-refractivity contribution < 1.29 is 9.53 Å². The van der Waals surface area contributed by atoms with Crippen molar-refractivity contribution in [2.45, 2.75) is 18.6 Å². The summed E-state index contributed by atoms with van der Waals surface area (Å²) in [4.78, 5) is 16.0. The highest BCUT2D eigenvalue weighted by Gasteiger charge is 2.30. The molecule has 1 aliphatic rings. The zero-order valence-corrected chi connectivity index (χ0v) is 11.5. The van der Waals surface area contributed by atoms with Gasteiger partial charge in [0, 0.05) is 12.8 Å². The first-order chi connectivity index (χ1) is 10.3. The lowest BCUT2D eigenvalue weighted by Gasteiger charge is -2.20. The van der Waals surface area contributed by atoms with Crippen LogP contribution in [0.1, 0.15) is 18.1 Å². The summed E-state index contributed by atoms with van der Waals surface area (Å²) in [6.45, 7) is 0.650. The van der Waals surface area contributed by atoms with Gasteiger partial charge in [-0.2, -0.15) is 0 Å². The van der Waals surface area contributed by atoms with E-state index < -0.39 is 0 Å². The normalized spacial score (nSPS) is 21.0. The number of ether oxygens (including phenoxy) is 1. The van der Waals surface area contributed by atoms with Crippen LogP contribution in [0.15, 0.2) is 54.9 Å². The highest BCUT2D eigenvalue weighted by atomic mass is 16.5. The minimum absolute atomic E-state index is 0.0240. The zero-order chi connectivity index (χ0) is 14.5. The second kappa shape index (κ2) is 6.37. The number of pyridine rings is 1. The number of carbonyl (C=O) groups excluding carboxylic acids is 1. The van der Waals surface area contributed by atoms with Crippen molar-refractivity contribution in [2.75, 3.05) is 11.9 Å². The molecule has 2 heterocycles. The number of nitrogens with one attached hydrogen (secondary N) is 2. The lowest BCUT2D eigenvalue weighted by Crippen LogP contribution is -2.39. The molecule has 1 fully saturated rings. The Morgan fingerprint density at radius 1 is 1.19 bits per heavy atom. The molecule has 0 unspecified atom stereocenters. The second-order valence-electron chi connectivity index (χ2n) is 4.94. The van der Waals surface area contributed by atoms with Crippen molar-refractivity contribution >= 4 is 11.7 Å². The Labute approximate surface area is 123 Å². The Hall–Kier alpha value is -2.40. The number of hydrogen-bond acceptors (Lipinski definition) is 3. The van der Waals surface area contributed by atoms with Gasteiger partial charge in [-0.3, -0.25) is 4.98 Å². The van der Waals surface area contributed by atoms with Gasteiger partial charge in [-0.25, -0.2) is 4.79 Å². The average Bonchev–Trinajstić information content (AvgIpc) is 2.97. The number of benzene rings is 1. The van der Waals surface area contributed by atoms with E-state index in [2.05, 4.69) is 15.6 Å². The molecule has 2 amide bonds. The molecule has 21 heavy (non-hydrogen) atoms. The molecule has 1 aliphatic heterocycles. The van der Waals surface area contributed by atoms with Crippen molar-refractivity contribution in [3.05, 3.63) is 60.4 Å². The molecule has 2 atom stereocenters. The fraction of sp³-hybridized carbons (Fsp3) is 0.250. The van der Waals surface area contributed by atoms with Crippen molar-refractivity contribution in [1.82, 2.24) is 10.3 Å². The first-order valence-corrected chi connectivity index (χ1v) is 6.97. The molecule has 0 saturated carbocycles. The maximum absolute atomic E-state index is 12.0. The molecule has 2 N–H and O–H groups in total. The lowest BCUT2D eigenvalue weighted by molar-refractivity contribution is 0.100. The molecule has 1 saturated heterocycles. The minimum atomic E-state index is -0.237. The van der Waals surface area contributed by atoms with Gasteiger partial charge in [-0.1, -0.05) is 30.3 Å². The SMILES string of the molecule is O=C(Nc1cccnc1)N[C@H]1CCO[C@@H]1c1ccccc1. The predicted molar refractivity (Wildman–Crippen MR) is 79.9 cm³/mol. The van der Waals surface area contributed by atoms with Crippen LogP contribution in [0.3, 0.4) is 0 Å². The number of aromatic nitrogens is 1. The smallest absolute Gasteiger partial charge is 0.319 e. The van der Waals surface area contributed by atoms with Crippen LogP contribution in [0.2, 0.25) is 0 Å². The number of nitrogens with zero attached hydrogens (tertiary/aromatic N) is 1. The summed E-state index contributed by atoms with van der Waals surface area (Å²) in [5.41, 5.74) is 1.76. The summed E-state index contributed by atoms with van der Waals surface area (Å²) in [5, 5.41) is 5.75. The van der Waals surface area contributed by atoms with Crippen molar-refractivity contribution in [2.24, 2.45) is 0 Å². The third-order valence-corrected chi connectivity index (χ3v) is 3.46. The Kier molecular flexibility index (Phi) is 4.12. The molecule has 1 aromatic carbocycles. The molecule has 0 aliphatic carbocycles. The van der Waals surface area contributed by atoms with Gasteiger partial charge < -0.3 is 15.4 Å². The standard InChI is InChI=1S/C16H17N3O2/c20-16(18-13-7-4-9-17-11-13)19-14-8-10-21-15(14)12-5-2-1-3-6-12/h1-7,9,11,14-15H,8,10H2,(H2,18,19,20)/t14-,15+/m0/s1. The fourth-order valence-corrected chi connectivity index (χ4v) is 2.48. The molecule has 3 rings (SSSR count). The van der Waals surface area contributed by atoms with Gasteiger partial charge in [0.15, 0.2) is 0 Å². The molecule has 0 bridgehead atoms. The van der Waals surface area contributed by atoms with Crippen LogP contribution in [0.4, 0.5) is 10.5 Å². The molecule has 0 radical (unpaired) electrons. The molecule has 5 heteroatoms. The van der Waals surface area contributed by atoms with Crippen LogP contribution in [-0.2, 0) is 4.74 Å². The first kappa shape index (κ1) is 13.6. The van der Waals surface area contributed by atoms with Crippen molar-refractivity contribution in [1.29, 1.82) is 0 Å². The largest absolute Gasteiger partial charge is 0.371 e. The molecule has 2 aromatic rings. The van der Waals surface area contributed by atoms with E-state index in [0.29, 0.717) is 12.3 Å². The molecule has 0 spiro atoms. The fourth-order valence-electron chi connectivity index (χ4n) is 2.48. The van der Waals surface area contributed by atoms with Gasteiger partial charge in [-0.15, -0.1) is 0 Å². The third-order valence-electron chi connectivity index (χ3n) is 3.46. The van der Waals surface area contributed by atoms with Crippen LogP contribution in [0.25, 0.3) is 0 Å². The van der Waals surface area contributed by atoms with Crippen LogP contribution in [0.5, 0.6) is 0 Å². The van der Waals surface area contributed by atoms with Crippen LogP contribution in [-0.4, -0.2) is 23.7 Å². The Bertz CT molecular complexity index is 589. The molecular weight excluding hydrogens is 266 g/mol. The van der Waals surface area contributed by atoms with E-state index in [-0.39, 0.29) is 18.2 Å². The zero-order valence-electron chi connectivity index (χ0n) is 11.5. The maximum atomic E-state index is 12.0. The van der Waals surface area contributed by atoms with E-state index in [1.54, 1.807) is 24.5 Å². The highest BCUT2D eigenvalue weighted by Crippen LogP contribution is 2.28. The molecule has 5 nitrogen and oxygen atoms in total. The van der Waals surface area contributed by atoms with E-state index in [1.165, 1.54) is 0 Å². The van der Waals surface area contributed by atoms with Gasteiger partial charge in [-0.05, 0) is 24.1 Å². The summed E-state index contributed by atoms with van der Waals surface area (Å²) in [5.74, 6) is 0. The number of hydrogen-bond donors (Lipinski definition) is 2. The van der Waals surface area contributed by atoms with Gasteiger partial charge in [0.1, 0.15) is 6.10 Å². The summed E-state index contributed by atoms with van der Waals surface area (Å²) >= 11 is 0. The van der Waals surface area contributed by atoms with Crippen molar-refractivity contribution in [3.8, 4) is 0 Å². The molecular formula is C16H17N3O2. The van der Waals surface area contributed by atoms with Crippen molar-refractivity contribution in [3.63, 3.8) is 0 Å². The van der Waals surface area contributed by atoms with Gasteiger partial charge in [0.05, 0.1) is 17.9 Å². The third kappa shape index (κ3) is 3.38. The second-order valence-corrected chi connectivity index (χ2v) is 4.94. The van der Waals surface area contributed by atoms with Crippen LogP contribution in [0, 0.1) is 0 Å². The van der Waals surface area contributed by atoms with Crippen LogP contribution < -0.4 is 10.6 Å². The van der Waals surface area contributed by atoms with E-state index >= 15 is 0 Å². The quantitative estimate of drug-likeness (QED) is 0.910. The molecule has 108 valence electrons. The lowest BCUT2D eigenvalue weighted by atomic mass is 10.0. The van der Waals surface area contributed by atoms with Gasteiger partial charge >= 0.3 is 6.03 Å². The van der Waals surface area contributed by atoms with E-state index in [0.717, 1.165) is 12.0 Å². The number of carbonyl (C=O) groups is 1. The number of urea groups is 1. The summed E-state index contributed by atoms with van der Waals surface area (Å²) < 4.78 is 5.75. The van der Waals surface area contributed by atoms with Gasteiger partial charge in [0.2, 0.25) is 0 Å². The Morgan fingerprint density at radius 2 is 2.05 bits per heavy atom. The maximum Gasteiger partial charge on any atom is 0.319 e. The molecule has 1 aromatic heterocycles. The summed E-state index contributed by atoms with van der Waals surface area (Å²) in [7, 11) is 0. The average molecular weight is 283 g/mol. The van der Waals surface area contributed by atoms with Gasteiger partial charge in [0.25, 0.3) is 0 Å². The summed E-state index contributed by atoms with van der Waals surface area (Å²) in [6, 6.07) is 13.3. The monoisotopic (exact) mass is 283 g/mol. The Balaban J connectivity index is 1.62. The minimum Gasteiger partial charge on any atom is -0.371 e. The van der Waals surface area contributed by atoms with E-state index in [9.17, 15) is 4.79 Å². The Morgan fingerprint density at radius 3 is 2.81 bits per heavy atom. The predicted octanol–water partition coefficient (Wildman–Crippen LogP) is 2.73. The van der Waals surface area contributed by atoms with E-state index in [1.807, 2.05) is 30.3 Å². The number of anilines is 1. The van der Waals surface area contributed by atoms with Crippen LogP contribution >= 0.6 is 0 Å². The topological polar surface area (TPSA) is 63.2 Å². The van der Waals surface area contributed by atoms with E-state index in [4.69, 9.17) is 4.74 Å². The number of amides is 2. The number of rotatable bonds is 3. The first-order valence-electron chi connectivity index (χ1n) is 6.97. The summed E-state index contributed by atoms with van der Waals surface area (Å²) in [6.07, 6.45) is 3.99.